The van der Waals surface area contributed by atoms with Gasteiger partial charge >= 0.3 is 5.97 Å². The predicted molar refractivity (Wildman–Crippen MR) is 85.6 cm³/mol. The van der Waals surface area contributed by atoms with Gasteiger partial charge in [-0.3, -0.25) is 14.9 Å². The van der Waals surface area contributed by atoms with E-state index in [1.54, 1.807) is 31.2 Å². The quantitative estimate of drug-likeness (QED) is 0.621. The Kier molecular flexibility index (Phi) is 5.10. The van der Waals surface area contributed by atoms with Gasteiger partial charge in [-0.05, 0) is 25.1 Å². The Morgan fingerprint density at radius 1 is 1.21 bits per heavy atom. The number of anilines is 1. The fourth-order valence-corrected chi connectivity index (χ4v) is 2.06. The van der Waals surface area contributed by atoms with E-state index in [0.717, 1.165) is 18.2 Å². The summed E-state index contributed by atoms with van der Waals surface area (Å²) < 4.78 is 5.37. The van der Waals surface area contributed by atoms with E-state index >= 15 is 0 Å². The van der Waals surface area contributed by atoms with Gasteiger partial charge in [-0.15, -0.1) is 0 Å². The number of non-ortho nitro benzene ring substituents is 1. The maximum atomic E-state index is 12.4. The average molecular weight is 330 g/mol. The number of hydrogen-bond acceptors (Lipinski definition) is 5. The Morgan fingerprint density at radius 2 is 1.92 bits per heavy atom. The highest BCUT2D eigenvalue weighted by atomic mass is 16.6. The van der Waals surface area contributed by atoms with Crippen molar-refractivity contribution in [2.24, 2.45) is 0 Å². The summed E-state index contributed by atoms with van der Waals surface area (Å²) in [6, 6.07) is 9.62. The van der Waals surface area contributed by atoms with Crippen LogP contribution in [-0.2, 0) is 0 Å². The minimum Gasteiger partial charge on any atom is -0.492 e. The van der Waals surface area contributed by atoms with Gasteiger partial charge in [0, 0.05) is 12.1 Å². The number of aromatic carboxylic acids is 1. The molecule has 0 bridgehead atoms. The highest BCUT2D eigenvalue weighted by Crippen LogP contribution is 2.25. The van der Waals surface area contributed by atoms with Crippen LogP contribution in [0.5, 0.6) is 5.75 Å². The third-order valence-corrected chi connectivity index (χ3v) is 3.12. The van der Waals surface area contributed by atoms with Crippen LogP contribution in [0.25, 0.3) is 0 Å². The lowest BCUT2D eigenvalue weighted by atomic mass is 10.1. The number of nitrogens with one attached hydrogen (secondary N) is 1. The number of benzene rings is 2. The van der Waals surface area contributed by atoms with Crippen molar-refractivity contribution in [3.63, 3.8) is 0 Å². The molecule has 0 saturated heterocycles. The third-order valence-electron chi connectivity index (χ3n) is 3.12. The lowest BCUT2D eigenvalue weighted by molar-refractivity contribution is -0.384. The van der Waals surface area contributed by atoms with E-state index in [2.05, 4.69) is 5.32 Å². The van der Waals surface area contributed by atoms with Crippen LogP contribution in [0.3, 0.4) is 0 Å². The first kappa shape index (κ1) is 16.9. The zero-order valence-corrected chi connectivity index (χ0v) is 12.7. The topological polar surface area (TPSA) is 119 Å². The van der Waals surface area contributed by atoms with Crippen LogP contribution in [0.2, 0.25) is 0 Å². The van der Waals surface area contributed by atoms with Crippen molar-refractivity contribution in [1.29, 1.82) is 0 Å². The molecule has 0 heterocycles. The molecule has 0 aromatic heterocycles. The predicted octanol–water partition coefficient (Wildman–Crippen LogP) is 2.94. The molecule has 0 saturated carbocycles. The molecule has 2 aromatic carbocycles. The summed E-state index contributed by atoms with van der Waals surface area (Å²) >= 11 is 0. The smallest absolute Gasteiger partial charge is 0.336 e. The van der Waals surface area contributed by atoms with Crippen LogP contribution in [0.4, 0.5) is 11.4 Å². The number of nitro benzene ring substituents is 1. The Hall–Kier alpha value is -3.42. The first-order valence-electron chi connectivity index (χ1n) is 6.99. The summed E-state index contributed by atoms with van der Waals surface area (Å²) in [5, 5.41) is 22.6. The number of carboxylic acid groups (broad SMARTS) is 1. The Bertz CT molecular complexity index is 803. The molecule has 0 atom stereocenters. The van der Waals surface area contributed by atoms with E-state index in [9.17, 15) is 24.8 Å². The van der Waals surface area contributed by atoms with Crippen molar-refractivity contribution in [3.8, 4) is 5.75 Å². The molecule has 0 radical (unpaired) electrons. The maximum absolute atomic E-state index is 12.4. The largest absolute Gasteiger partial charge is 0.492 e. The van der Waals surface area contributed by atoms with Gasteiger partial charge in [-0.1, -0.05) is 12.1 Å². The van der Waals surface area contributed by atoms with Gasteiger partial charge in [0.05, 0.1) is 28.3 Å². The summed E-state index contributed by atoms with van der Waals surface area (Å²) in [7, 11) is 0. The standard InChI is InChI=1S/C16H14N2O6/c1-2-24-14-6-4-3-5-13(14)17-15(19)12-9-10(18(22)23)7-8-11(12)16(20)21/h3-9H,2H2,1H3,(H,17,19)(H,20,21). The molecule has 2 N–H and O–H groups in total. The summed E-state index contributed by atoms with van der Waals surface area (Å²) in [4.78, 5) is 33.8. The van der Waals surface area contributed by atoms with Gasteiger partial charge in [-0.2, -0.15) is 0 Å². The molecule has 0 aliphatic heterocycles. The van der Waals surface area contributed by atoms with Crippen molar-refractivity contribution in [3.05, 3.63) is 63.7 Å². The summed E-state index contributed by atoms with van der Waals surface area (Å²) in [5.74, 6) is -1.72. The molecule has 0 spiro atoms. The fourth-order valence-electron chi connectivity index (χ4n) is 2.06. The second kappa shape index (κ2) is 7.23. The van der Waals surface area contributed by atoms with Crippen LogP contribution in [0.1, 0.15) is 27.6 Å². The number of carboxylic acids is 1. The molecule has 0 fully saturated rings. The number of hydrogen-bond donors (Lipinski definition) is 2. The molecule has 2 aromatic rings. The molecule has 0 aliphatic rings. The number of rotatable bonds is 6. The van der Waals surface area contributed by atoms with Crippen molar-refractivity contribution in [2.75, 3.05) is 11.9 Å². The number of carbonyl (C=O) groups excluding carboxylic acids is 1. The zero-order chi connectivity index (χ0) is 17.7. The van der Waals surface area contributed by atoms with Crippen LogP contribution >= 0.6 is 0 Å². The lowest BCUT2D eigenvalue weighted by Crippen LogP contribution is -2.17. The van der Waals surface area contributed by atoms with Gasteiger partial charge in [-0.25, -0.2) is 4.79 Å². The molecule has 8 nitrogen and oxygen atoms in total. The second-order valence-corrected chi connectivity index (χ2v) is 4.68. The van der Waals surface area contributed by atoms with Crippen LogP contribution in [-0.4, -0.2) is 28.5 Å². The summed E-state index contributed by atoms with van der Waals surface area (Å²) in [5.41, 5.74) is -0.662. The van der Waals surface area contributed by atoms with Crippen LogP contribution in [0, 0.1) is 10.1 Å². The highest BCUT2D eigenvalue weighted by Gasteiger charge is 2.21. The van der Waals surface area contributed by atoms with Crippen LogP contribution in [0.15, 0.2) is 42.5 Å². The van der Waals surface area contributed by atoms with Crippen molar-refractivity contribution < 1.29 is 24.4 Å². The molecule has 2 rings (SSSR count). The van der Waals surface area contributed by atoms with Gasteiger partial charge in [0.1, 0.15) is 5.75 Å². The fraction of sp³-hybridized carbons (Fsp3) is 0.125. The van der Waals surface area contributed by atoms with E-state index in [-0.39, 0.29) is 16.8 Å². The minimum absolute atomic E-state index is 0.303. The SMILES string of the molecule is CCOc1ccccc1NC(=O)c1cc([N+](=O)[O-])ccc1C(=O)O. The molecule has 0 aliphatic carbocycles. The Morgan fingerprint density at radius 3 is 2.54 bits per heavy atom. The number of nitro groups is 1. The minimum atomic E-state index is -1.35. The van der Waals surface area contributed by atoms with Crippen LogP contribution < -0.4 is 10.1 Å². The van der Waals surface area contributed by atoms with Crippen molar-refractivity contribution in [1.82, 2.24) is 0 Å². The van der Waals surface area contributed by atoms with E-state index in [1.807, 2.05) is 0 Å². The van der Waals surface area contributed by atoms with Gasteiger partial charge in [0.15, 0.2) is 0 Å². The van der Waals surface area contributed by atoms with Crippen molar-refractivity contribution in [2.45, 2.75) is 6.92 Å². The molecule has 24 heavy (non-hydrogen) atoms. The third kappa shape index (κ3) is 3.67. The molecule has 8 heteroatoms. The molecule has 1 amide bonds. The van der Waals surface area contributed by atoms with Gasteiger partial charge in [0.25, 0.3) is 11.6 Å². The lowest BCUT2D eigenvalue weighted by Gasteiger charge is -2.12. The first-order valence-corrected chi connectivity index (χ1v) is 6.99. The zero-order valence-electron chi connectivity index (χ0n) is 12.7. The summed E-state index contributed by atoms with van der Waals surface area (Å²) in [6.07, 6.45) is 0. The Labute approximate surface area is 136 Å². The average Bonchev–Trinajstić information content (AvgIpc) is 2.56. The monoisotopic (exact) mass is 330 g/mol. The number of ether oxygens (including phenoxy) is 1. The normalized spacial score (nSPS) is 10.0. The Balaban J connectivity index is 2.40. The maximum Gasteiger partial charge on any atom is 0.336 e. The molecular formula is C16H14N2O6. The second-order valence-electron chi connectivity index (χ2n) is 4.68. The van der Waals surface area contributed by atoms with E-state index in [1.165, 1.54) is 0 Å². The highest BCUT2D eigenvalue weighted by molar-refractivity contribution is 6.11. The van der Waals surface area contributed by atoms with Gasteiger partial charge < -0.3 is 15.2 Å². The molecule has 0 unspecified atom stereocenters. The van der Waals surface area contributed by atoms with Crippen molar-refractivity contribution >= 4 is 23.3 Å². The van der Waals surface area contributed by atoms with E-state index < -0.39 is 16.8 Å². The first-order chi connectivity index (χ1) is 11.4. The molecule has 124 valence electrons. The number of nitrogens with zero attached hydrogens (tertiary/aromatic N) is 1. The van der Waals surface area contributed by atoms with E-state index in [4.69, 9.17) is 4.74 Å². The van der Waals surface area contributed by atoms with Gasteiger partial charge in [0.2, 0.25) is 0 Å². The number of carbonyl (C=O) groups is 2. The summed E-state index contributed by atoms with van der Waals surface area (Å²) in [6.45, 7) is 2.16. The number of amides is 1. The number of para-hydroxylation sites is 2. The molecular weight excluding hydrogens is 316 g/mol. The van der Waals surface area contributed by atoms with E-state index in [0.29, 0.717) is 18.0 Å².